The number of phenolic OH excluding ortho intramolecular Hbond substituents is 1. The summed E-state index contributed by atoms with van der Waals surface area (Å²) >= 11 is 0. The maximum absolute atomic E-state index is 14.1. The number of likely N-dealkylation sites (tertiary alicyclic amines) is 1. The molecule has 1 saturated heterocycles. The van der Waals surface area contributed by atoms with E-state index in [0.29, 0.717) is 19.4 Å². The molecule has 2 atom stereocenters. The summed E-state index contributed by atoms with van der Waals surface area (Å²) < 4.78 is 0. The van der Waals surface area contributed by atoms with Gasteiger partial charge in [-0.3, -0.25) is 14.5 Å². The molecule has 1 fully saturated rings. The van der Waals surface area contributed by atoms with Gasteiger partial charge in [-0.25, -0.2) is 0 Å². The van der Waals surface area contributed by atoms with Crippen molar-refractivity contribution in [1.82, 2.24) is 9.80 Å². The largest absolute Gasteiger partial charge is 0.508 e. The third-order valence-corrected chi connectivity index (χ3v) is 7.24. The molecule has 176 valence electrons. The first-order valence-electron chi connectivity index (χ1n) is 12.0. The first kappa shape index (κ1) is 23.3. The maximum atomic E-state index is 14.1. The Hall–Kier alpha value is -2.86. The number of aromatic hydroxyl groups is 1. The normalized spacial score (nSPS) is 19.7. The van der Waals surface area contributed by atoms with E-state index in [-0.39, 0.29) is 30.2 Å². The third-order valence-electron chi connectivity index (χ3n) is 7.24. The van der Waals surface area contributed by atoms with Crippen LogP contribution >= 0.6 is 0 Å². The average Bonchev–Trinajstić information content (AvgIpc) is 2.78. The van der Waals surface area contributed by atoms with Crippen LogP contribution in [0.3, 0.4) is 0 Å². The number of carbonyl (C=O) groups is 2. The van der Waals surface area contributed by atoms with Crippen LogP contribution in [0.15, 0.2) is 36.4 Å². The van der Waals surface area contributed by atoms with Gasteiger partial charge in [0.05, 0.1) is 12.5 Å². The number of carboxylic acid groups (broad SMARTS) is 1. The predicted octanol–water partition coefficient (Wildman–Crippen LogP) is 3.83. The Bertz CT molecular complexity index is 1010. The molecular weight excluding hydrogens is 416 g/mol. The summed E-state index contributed by atoms with van der Waals surface area (Å²) in [6.45, 7) is 6.15. The van der Waals surface area contributed by atoms with Crippen LogP contribution in [0.25, 0.3) is 0 Å². The van der Waals surface area contributed by atoms with Crippen LogP contribution in [0.4, 0.5) is 0 Å². The lowest BCUT2D eigenvalue weighted by atomic mass is 9.89. The van der Waals surface area contributed by atoms with Crippen molar-refractivity contribution in [2.24, 2.45) is 0 Å². The van der Waals surface area contributed by atoms with Gasteiger partial charge in [0, 0.05) is 12.6 Å². The average molecular weight is 451 g/mol. The molecule has 2 N–H and O–H groups in total. The Kier molecular flexibility index (Phi) is 7.03. The third kappa shape index (κ3) is 5.22. The zero-order valence-corrected chi connectivity index (χ0v) is 19.6. The van der Waals surface area contributed by atoms with Crippen molar-refractivity contribution in [1.29, 1.82) is 0 Å². The number of fused-ring (bicyclic) bond motifs is 1. The maximum Gasteiger partial charge on any atom is 0.305 e. The van der Waals surface area contributed by atoms with E-state index in [2.05, 4.69) is 4.90 Å². The van der Waals surface area contributed by atoms with Crippen LogP contribution in [0.5, 0.6) is 5.75 Å². The second kappa shape index (κ2) is 9.96. The van der Waals surface area contributed by atoms with E-state index >= 15 is 0 Å². The van der Waals surface area contributed by atoms with E-state index in [1.54, 1.807) is 12.1 Å². The molecule has 2 aromatic carbocycles. The van der Waals surface area contributed by atoms with Gasteiger partial charge in [0.2, 0.25) is 5.91 Å². The van der Waals surface area contributed by atoms with Gasteiger partial charge in [-0.2, -0.15) is 0 Å². The molecule has 0 saturated carbocycles. The lowest BCUT2D eigenvalue weighted by Gasteiger charge is -2.42. The highest BCUT2D eigenvalue weighted by molar-refractivity contribution is 5.84. The summed E-state index contributed by atoms with van der Waals surface area (Å²) in [5.74, 6) is -0.620. The van der Waals surface area contributed by atoms with E-state index in [1.165, 1.54) is 6.42 Å². The van der Waals surface area contributed by atoms with E-state index < -0.39 is 5.97 Å². The van der Waals surface area contributed by atoms with Crippen LogP contribution in [0.1, 0.15) is 53.5 Å². The molecule has 0 bridgehead atoms. The Morgan fingerprint density at radius 2 is 1.67 bits per heavy atom. The molecule has 4 rings (SSSR count). The summed E-state index contributed by atoms with van der Waals surface area (Å²) in [6.07, 6.45) is 4.39. The van der Waals surface area contributed by atoms with Crippen molar-refractivity contribution in [2.75, 3.05) is 13.1 Å². The Morgan fingerprint density at radius 3 is 2.30 bits per heavy atom. The molecule has 0 unspecified atom stereocenters. The number of piperidine rings is 1. The number of aryl methyl sites for hydroxylation is 2. The van der Waals surface area contributed by atoms with Crippen molar-refractivity contribution in [3.8, 4) is 5.75 Å². The lowest BCUT2D eigenvalue weighted by molar-refractivity contribution is -0.144. The number of benzene rings is 2. The standard InChI is InChI=1S/C27H34N2O4/c1-18-12-23(30)13-19(2)24(18)16-25(28-10-6-3-7-11-28)27(33)29-17-21-9-5-4-8-20(21)14-22(29)15-26(31)32/h4-5,8-9,12-13,22,25,30H,3,6-7,10-11,14-17H2,1-2H3,(H,31,32)/t22-,25-/m0/s1. The first-order chi connectivity index (χ1) is 15.8. The molecule has 2 aromatic rings. The zero-order valence-electron chi connectivity index (χ0n) is 19.6. The van der Waals surface area contributed by atoms with Gasteiger partial charge >= 0.3 is 5.97 Å². The fourth-order valence-electron chi connectivity index (χ4n) is 5.51. The fourth-order valence-corrected chi connectivity index (χ4v) is 5.51. The minimum absolute atomic E-state index is 0.0181. The highest BCUT2D eigenvalue weighted by atomic mass is 16.4. The minimum atomic E-state index is -0.878. The van der Waals surface area contributed by atoms with Crippen LogP contribution < -0.4 is 0 Å². The van der Waals surface area contributed by atoms with Crippen LogP contribution in [0, 0.1) is 13.8 Å². The van der Waals surface area contributed by atoms with E-state index in [4.69, 9.17) is 0 Å². The number of amides is 1. The lowest BCUT2D eigenvalue weighted by Crippen LogP contribution is -2.55. The van der Waals surface area contributed by atoms with Crippen molar-refractivity contribution in [3.63, 3.8) is 0 Å². The molecule has 0 radical (unpaired) electrons. The predicted molar refractivity (Wildman–Crippen MR) is 127 cm³/mol. The fraction of sp³-hybridized carbons (Fsp3) is 0.481. The van der Waals surface area contributed by atoms with Crippen molar-refractivity contribution < 1.29 is 19.8 Å². The number of carboxylic acids is 1. The Balaban J connectivity index is 1.68. The number of hydrogen-bond donors (Lipinski definition) is 2. The van der Waals surface area contributed by atoms with Gasteiger partial charge in [0.25, 0.3) is 0 Å². The number of hydrogen-bond acceptors (Lipinski definition) is 4. The molecule has 33 heavy (non-hydrogen) atoms. The molecule has 0 aliphatic carbocycles. The minimum Gasteiger partial charge on any atom is -0.508 e. The number of phenols is 1. The SMILES string of the molecule is Cc1cc(O)cc(C)c1C[C@@H](C(=O)N1Cc2ccccc2C[C@H]1CC(=O)O)N1CCCCC1. The molecule has 2 aliphatic heterocycles. The van der Waals surface area contributed by atoms with Gasteiger partial charge in [-0.15, -0.1) is 0 Å². The van der Waals surface area contributed by atoms with Crippen molar-refractivity contribution >= 4 is 11.9 Å². The van der Waals surface area contributed by atoms with Crippen molar-refractivity contribution in [3.05, 3.63) is 64.2 Å². The highest BCUT2D eigenvalue weighted by Crippen LogP contribution is 2.29. The van der Waals surface area contributed by atoms with Gasteiger partial charge < -0.3 is 15.1 Å². The summed E-state index contributed by atoms with van der Waals surface area (Å²) in [6, 6.07) is 10.8. The Morgan fingerprint density at radius 1 is 1.03 bits per heavy atom. The van der Waals surface area contributed by atoms with Gasteiger partial charge in [0.15, 0.2) is 0 Å². The molecule has 2 heterocycles. The Labute approximate surface area is 195 Å². The van der Waals surface area contributed by atoms with Gasteiger partial charge in [0.1, 0.15) is 5.75 Å². The molecule has 2 aliphatic rings. The number of aliphatic carboxylic acids is 1. The molecule has 1 amide bonds. The molecule has 6 heteroatoms. The van der Waals surface area contributed by atoms with Gasteiger partial charge in [-0.1, -0.05) is 30.7 Å². The zero-order chi connectivity index (χ0) is 23.5. The quantitative estimate of drug-likeness (QED) is 0.699. The molecule has 6 nitrogen and oxygen atoms in total. The number of rotatable bonds is 6. The summed E-state index contributed by atoms with van der Waals surface area (Å²) in [7, 11) is 0. The summed E-state index contributed by atoms with van der Waals surface area (Å²) in [4.78, 5) is 29.9. The smallest absolute Gasteiger partial charge is 0.305 e. The van der Waals surface area contributed by atoms with Crippen LogP contribution in [-0.2, 0) is 29.0 Å². The second-order valence-corrected chi connectivity index (χ2v) is 9.57. The summed E-state index contributed by atoms with van der Waals surface area (Å²) in [5.41, 5.74) is 5.28. The van der Waals surface area contributed by atoms with Crippen LogP contribution in [0.2, 0.25) is 0 Å². The number of carbonyl (C=O) groups excluding carboxylic acids is 1. The van der Waals surface area contributed by atoms with E-state index in [9.17, 15) is 19.8 Å². The van der Waals surface area contributed by atoms with Crippen molar-refractivity contribution in [2.45, 2.75) is 71.0 Å². The summed E-state index contributed by atoms with van der Waals surface area (Å²) in [5, 5.41) is 19.5. The first-order valence-corrected chi connectivity index (χ1v) is 12.0. The molecule has 0 aromatic heterocycles. The van der Waals surface area contributed by atoms with Crippen LogP contribution in [-0.4, -0.2) is 57.1 Å². The highest BCUT2D eigenvalue weighted by Gasteiger charge is 2.37. The molecular formula is C27H34N2O4. The molecule has 0 spiro atoms. The second-order valence-electron chi connectivity index (χ2n) is 9.57. The monoisotopic (exact) mass is 450 g/mol. The number of nitrogens with zero attached hydrogens (tertiary/aromatic N) is 2. The topological polar surface area (TPSA) is 81.1 Å². The van der Waals surface area contributed by atoms with E-state index in [1.807, 2.05) is 43.0 Å². The van der Waals surface area contributed by atoms with Gasteiger partial charge in [-0.05, 0) is 92.6 Å². The van der Waals surface area contributed by atoms with E-state index in [0.717, 1.165) is 53.7 Å².